The summed E-state index contributed by atoms with van der Waals surface area (Å²) in [5.74, 6) is 0.366. The number of anilines is 1. The first kappa shape index (κ1) is 21.2. The number of hydrogen-bond acceptors (Lipinski definition) is 6. The molecule has 5 rings (SSSR count). The first-order valence-electron chi connectivity index (χ1n) is 13.2. The van der Waals surface area contributed by atoms with Gasteiger partial charge in [-0.1, -0.05) is 18.6 Å². The Morgan fingerprint density at radius 3 is 2.73 bits per heavy atom. The highest BCUT2D eigenvalue weighted by Gasteiger charge is 2.51. The second kappa shape index (κ2) is 8.88. The van der Waals surface area contributed by atoms with E-state index in [1.54, 1.807) is 23.3 Å². The van der Waals surface area contributed by atoms with Crippen LogP contribution in [0.5, 0.6) is 0 Å². The Morgan fingerprint density at radius 2 is 2.08 bits per heavy atom. The lowest BCUT2D eigenvalue weighted by atomic mass is 9.79. The fraction of sp³-hybridized carbons (Fsp3) is 0.385. The summed E-state index contributed by atoms with van der Waals surface area (Å²) in [5, 5.41) is 24.0. The van der Waals surface area contributed by atoms with Gasteiger partial charge in [-0.05, 0) is 49.7 Å². The van der Waals surface area contributed by atoms with Gasteiger partial charge in [-0.2, -0.15) is 23.5 Å². The molecule has 2 atom stereocenters. The van der Waals surface area contributed by atoms with Crippen molar-refractivity contribution in [3.8, 4) is 28.6 Å². The molecule has 0 aliphatic heterocycles. The zero-order valence-corrected chi connectivity index (χ0v) is 19.9. The number of nitrogens with zero attached hydrogens (tertiary/aromatic N) is 6. The molecule has 0 spiro atoms. The van der Waals surface area contributed by atoms with Crippen molar-refractivity contribution in [2.45, 2.75) is 57.3 Å². The van der Waals surface area contributed by atoms with Crippen molar-refractivity contribution in [3.05, 3.63) is 54.1 Å². The highest BCUT2D eigenvalue weighted by molar-refractivity contribution is 5.74. The van der Waals surface area contributed by atoms with Crippen LogP contribution in [0.2, 0.25) is 0 Å². The second-order valence-electron chi connectivity index (χ2n) is 9.51. The van der Waals surface area contributed by atoms with Crippen LogP contribution >= 0.6 is 0 Å². The Kier molecular flexibility index (Phi) is 5.09. The van der Waals surface area contributed by atoms with Crippen LogP contribution < -0.4 is 5.73 Å². The first-order valence-corrected chi connectivity index (χ1v) is 11.7. The third kappa shape index (κ3) is 4.21. The van der Waals surface area contributed by atoms with Gasteiger partial charge in [0.2, 0.25) is 0 Å². The molecule has 3 N–H and O–H groups in total. The largest absolute Gasteiger partial charge is 0.421 e. The van der Waals surface area contributed by atoms with Crippen molar-refractivity contribution in [3.63, 3.8) is 0 Å². The number of rotatable bonds is 6. The van der Waals surface area contributed by atoms with E-state index in [4.69, 9.17) is 9.85 Å². The Balaban J connectivity index is 1.65. The minimum atomic E-state index is -5.00. The standard InChI is InChI=1S/C26H26F3N7O/c1-15-6-7-18(25(2,37)26(27,28)29)10-19(15)22-12-32-24-23(31)34-20(14-35(22)24)17-11-33-36(13-17)21(8-9-30)16-4-3-5-16/h6-7,10-14,16,21,37H,3-5,8H2,1-2H3,(H2,31,34)/i1D3. The average molecular weight is 513 g/mol. The lowest BCUT2D eigenvalue weighted by molar-refractivity contribution is -0.258. The van der Waals surface area contributed by atoms with Gasteiger partial charge >= 0.3 is 6.18 Å². The van der Waals surface area contributed by atoms with Crippen molar-refractivity contribution in [2.24, 2.45) is 5.92 Å². The number of imidazole rings is 1. The molecule has 11 heteroatoms. The van der Waals surface area contributed by atoms with Crippen LogP contribution in [0.25, 0.3) is 28.2 Å². The fourth-order valence-corrected chi connectivity index (χ4v) is 4.62. The van der Waals surface area contributed by atoms with E-state index in [1.165, 1.54) is 10.6 Å². The predicted molar refractivity (Wildman–Crippen MR) is 131 cm³/mol. The molecule has 0 saturated heterocycles. The maximum absolute atomic E-state index is 13.6. The molecule has 0 bridgehead atoms. The summed E-state index contributed by atoms with van der Waals surface area (Å²) in [6.45, 7) is -2.07. The fourth-order valence-electron chi connectivity index (χ4n) is 4.62. The number of hydrogen-bond donors (Lipinski definition) is 2. The summed E-state index contributed by atoms with van der Waals surface area (Å²) in [6, 6.07) is 5.16. The molecule has 1 saturated carbocycles. The van der Waals surface area contributed by atoms with Crippen LogP contribution in [0, 0.1) is 24.1 Å². The smallest absolute Gasteiger partial charge is 0.381 e. The second-order valence-corrected chi connectivity index (χ2v) is 9.51. The Bertz CT molecular complexity index is 1610. The van der Waals surface area contributed by atoms with E-state index in [9.17, 15) is 23.5 Å². The van der Waals surface area contributed by atoms with Crippen LogP contribution in [-0.4, -0.2) is 35.4 Å². The molecule has 0 amide bonds. The molecule has 4 aromatic rings. The van der Waals surface area contributed by atoms with Gasteiger partial charge in [-0.3, -0.25) is 9.08 Å². The summed E-state index contributed by atoms with van der Waals surface area (Å²) in [6.07, 6.45) is 4.65. The van der Waals surface area contributed by atoms with Gasteiger partial charge < -0.3 is 10.8 Å². The van der Waals surface area contributed by atoms with Crippen molar-refractivity contribution in [1.29, 1.82) is 5.26 Å². The van der Waals surface area contributed by atoms with E-state index in [1.807, 2.05) is 0 Å². The normalized spacial score (nSPS) is 18.3. The Labute approximate surface area is 215 Å². The monoisotopic (exact) mass is 512 g/mol. The summed E-state index contributed by atoms with van der Waals surface area (Å²) in [5.41, 5.74) is 3.43. The van der Waals surface area contributed by atoms with Crippen LogP contribution in [-0.2, 0) is 5.60 Å². The number of nitrogen functional groups attached to an aromatic ring is 1. The van der Waals surface area contributed by atoms with Gasteiger partial charge in [-0.25, -0.2) is 9.97 Å². The molecule has 0 radical (unpaired) electrons. The Morgan fingerprint density at radius 1 is 1.30 bits per heavy atom. The zero-order valence-electron chi connectivity index (χ0n) is 22.9. The predicted octanol–water partition coefficient (Wildman–Crippen LogP) is 5.18. The highest BCUT2D eigenvalue weighted by Crippen LogP contribution is 2.41. The third-order valence-corrected chi connectivity index (χ3v) is 7.16. The van der Waals surface area contributed by atoms with E-state index in [0.717, 1.165) is 37.5 Å². The number of nitrogens with two attached hydrogens (primary N) is 1. The minimum absolute atomic E-state index is 0.0120. The number of halogens is 3. The van der Waals surface area contributed by atoms with Gasteiger partial charge in [0.15, 0.2) is 17.1 Å². The SMILES string of the molecule is [2H]C([2H])([2H])c1ccc(C(C)(O)C(F)(F)F)cc1-c1cnc2c(N)nc(-c3cnn(C(CC#N)C4CCC4)c3)cn12. The molecule has 3 aromatic heterocycles. The molecule has 3 heterocycles. The van der Waals surface area contributed by atoms with E-state index in [2.05, 4.69) is 21.1 Å². The molecule has 37 heavy (non-hydrogen) atoms. The van der Waals surface area contributed by atoms with Crippen LogP contribution in [0.3, 0.4) is 0 Å². The number of aliphatic hydroxyl groups is 1. The summed E-state index contributed by atoms with van der Waals surface area (Å²) < 4.78 is 68.0. The zero-order chi connectivity index (χ0) is 29.0. The van der Waals surface area contributed by atoms with E-state index >= 15 is 0 Å². The molecule has 192 valence electrons. The first-order chi connectivity index (χ1) is 18.7. The lowest BCUT2D eigenvalue weighted by Crippen LogP contribution is -2.39. The number of benzene rings is 1. The van der Waals surface area contributed by atoms with Gasteiger partial charge in [0.05, 0.1) is 42.3 Å². The molecule has 2 unspecified atom stereocenters. The number of aromatic nitrogens is 5. The maximum atomic E-state index is 13.6. The van der Waals surface area contributed by atoms with Gasteiger partial charge in [0.25, 0.3) is 0 Å². The quantitative estimate of drug-likeness (QED) is 0.368. The van der Waals surface area contributed by atoms with Crippen molar-refractivity contribution in [2.75, 3.05) is 5.73 Å². The molecular formula is C26H26F3N7O. The van der Waals surface area contributed by atoms with Crippen molar-refractivity contribution < 1.29 is 22.4 Å². The third-order valence-electron chi connectivity index (χ3n) is 7.16. The van der Waals surface area contributed by atoms with Crippen molar-refractivity contribution in [1.82, 2.24) is 24.1 Å². The van der Waals surface area contributed by atoms with Crippen LogP contribution in [0.1, 0.15) is 53.9 Å². The summed E-state index contributed by atoms with van der Waals surface area (Å²) in [7, 11) is 0. The van der Waals surface area contributed by atoms with Crippen LogP contribution in [0.15, 0.2) is 43.0 Å². The number of alkyl halides is 3. The van der Waals surface area contributed by atoms with Crippen LogP contribution in [0.4, 0.5) is 19.0 Å². The molecule has 8 nitrogen and oxygen atoms in total. The molecule has 1 fully saturated rings. The Hall–Kier alpha value is -3.91. The molecule has 1 aliphatic carbocycles. The molecular weight excluding hydrogens is 483 g/mol. The number of aryl methyl sites for hydroxylation is 1. The van der Waals surface area contributed by atoms with E-state index in [-0.39, 0.29) is 34.3 Å². The van der Waals surface area contributed by atoms with Gasteiger partial charge in [-0.15, -0.1) is 0 Å². The molecule has 1 aromatic carbocycles. The average Bonchev–Trinajstić information content (AvgIpc) is 3.49. The topological polar surface area (TPSA) is 118 Å². The number of fused-ring (bicyclic) bond motifs is 1. The van der Waals surface area contributed by atoms with Gasteiger partial charge in [0.1, 0.15) is 0 Å². The summed E-state index contributed by atoms with van der Waals surface area (Å²) in [4.78, 5) is 8.66. The lowest BCUT2D eigenvalue weighted by Gasteiger charge is -2.32. The molecule has 1 aliphatic rings. The highest BCUT2D eigenvalue weighted by atomic mass is 19.4. The van der Waals surface area contributed by atoms with E-state index < -0.39 is 24.2 Å². The van der Waals surface area contributed by atoms with E-state index in [0.29, 0.717) is 30.5 Å². The summed E-state index contributed by atoms with van der Waals surface area (Å²) >= 11 is 0. The van der Waals surface area contributed by atoms with Gasteiger partial charge in [0, 0.05) is 27.6 Å². The minimum Gasteiger partial charge on any atom is -0.381 e. The van der Waals surface area contributed by atoms with Crippen molar-refractivity contribution >= 4 is 11.5 Å². The maximum Gasteiger partial charge on any atom is 0.421 e. The number of nitriles is 1.